The van der Waals surface area contributed by atoms with E-state index in [2.05, 4.69) is 0 Å². The second kappa shape index (κ2) is 11.8. The monoisotopic (exact) mass is 562 g/mol. The second-order valence-corrected chi connectivity index (χ2v) is 10.6. The summed E-state index contributed by atoms with van der Waals surface area (Å²) in [5.41, 5.74) is 9.76. The molecule has 0 aliphatic carbocycles. The van der Waals surface area contributed by atoms with Gasteiger partial charge in [-0.3, -0.25) is 9.36 Å². The standard InChI is InChI=1S/C30H34N4O5S/c1-7-38-29(36)24-23(19-11-15-21(16-12-19)33(5)6)25(30(37)39-8-2)28-34(26(24)31)27(35)22(40-28)17-18-9-13-20(14-10-18)32(3)4/h9-17,23H,7-8,31H2,1-6H3/b22-17-. The van der Waals surface area contributed by atoms with Gasteiger partial charge >= 0.3 is 11.9 Å². The molecule has 1 aliphatic rings. The van der Waals surface area contributed by atoms with Crippen LogP contribution in [0.25, 0.3) is 17.5 Å². The Labute approximate surface area is 237 Å². The highest BCUT2D eigenvalue weighted by atomic mass is 32.1. The molecule has 0 radical (unpaired) electrons. The van der Waals surface area contributed by atoms with E-state index in [1.54, 1.807) is 19.9 Å². The lowest BCUT2D eigenvalue weighted by molar-refractivity contribution is -0.138. The third-order valence-corrected chi connectivity index (χ3v) is 7.70. The van der Waals surface area contributed by atoms with Crippen LogP contribution in [0.5, 0.6) is 0 Å². The molecule has 10 heteroatoms. The predicted octanol–water partition coefficient (Wildman–Crippen LogP) is 2.07. The van der Waals surface area contributed by atoms with Crippen LogP contribution in [0.2, 0.25) is 0 Å². The lowest BCUT2D eigenvalue weighted by Crippen LogP contribution is -2.42. The number of benzene rings is 2. The molecule has 0 spiro atoms. The van der Waals surface area contributed by atoms with Crippen LogP contribution >= 0.6 is 11.3 Å². The van der Waals surface area contributed by atoms with Crippen molar-refractivity contribution in [2.75, 3.05) is 51.2 Å². The molecule has 210 valence electrons. The molecule has 0 saturated carbocycles. The molecule has 0 bridgehead atoms. The summed E-state index contributed by atoms with van der Waals surface area (Å²) < 4.78 is 12.7. The topological polar surface area (TPSA) is 107 Å². The maximum absolute atomic E-state index is 13.7. The molecule has 1 aromatic heterocycles. The Hall–Kier alpha value is -4.31. The average Bonchev–Trinajstić information content (AvgIpc) is 3.24. The zero-order chi connectivity index (χ0) is 29.1. The number of hydrogen-bond donors (Lipinski definition) is 1. The Morgan fingerprint density at radius 2 is 1.38 bits per heavy atom. The van der Waals surface area contributed by atoms with Crippen LogP contribution in [0, 0.1) is 0 Å². The van der Waals surface area contributed by atoms with E-state index in [-0.39, 0.29) is 30.2 Å². The van der Waals surface area contributed by atoms with Gasteiger partial charge in [-0.05, 0) is 55.3 Å². The summed E-state index contributed by atoms with van der Waals surface area (Å²) in [4.78, 5) is 44.5. The Morgan fingerprint density at radius 1 is 0.875 bits per heavy atom. The van der Waals surface area contributed by atoms with Gasteiger partial charge in [0.15, 0.2) is 0 Å². The van der Waals surface area contributed by atoms with E-state index >= 15 is 0 Å². The van der Waals surface area contributed by atoms with E-state index in [1.807, 2.05) is 86.5 Å². The summed E-state index contributed by atoms with van der Waals surface area (Å²) in [7, 11) is 7.74. The van der Waals surface area contributed by atoms with Crippen molar-refractivity contribution in [1.82, 2.24) is 4.57 Å². The number of carbonyl (C=O) groups is 2. The molecule has 2 aromatic carbocycles. The van der Waals surface area contributed by atoms with Crippen LogP contribution in [-0.4, -0.2) is 57.9 Å². The number of aromatic nitrogens is 1. The third kappa shape index (κ3) is 5.40. The Bertz CT molecular complexity index is 1630. The molecule has 0 amide bonds. The number of carbonyl (C=O) groups excluding carboxylic acids is 2. The summed E-state index contributed by atoms with van der Waals surface area (Å²) in [5.74, 6) is -2.28. The Morgan fingerprint density at radius 3 is 1.88 bits per heavy atom. The first kappa shape index (κ1) is 28.7. The largest absolute Gasteiger partial charge is 0.463 e. The van der Waals surface area contributed by atoms with Crippen molar-refractivity contribution in [2.45, 2.75) is 19.8 Å². The van der Waals surface area contributed by atoms with E-state index in [0.29, 0.717) is 14.8 Å². The maximum atomic E-state index is 13.7. The predicted molar refractivity (Wildman–Crippen MR) is 160 cm³/mol. The lowest BCUT2D eigenvalue weighted by atomic mass is 9.83. The van der Waals surface area contributed by atoms with Crippen LogP contribution in [0.4, 0.5) is 11.4 Å². The quantitative estimate of drug-likeness (QED) is 0.416. The SMILES string of the molecule is CCOC(=O)C1=C(N)n2c(s/c(=C\c3ccc(N(C)C)cc3)c2=O)=C(C(=O)OCC)C1c1ccc(N(C)C)cc1. The first-order chi connectivity index (χ1) is 19.1. The van der Waals surface area contributed by atoms with Crippen molar-refractivity contribution in [1.29, 1.82) is 0 Å². The second-order valence-electron chi connectivity index (χ2n) is 9.61. The zero-order valence-corrected chi connectivity index (χ0v) is 24.4. The Kier molecular flexibility index (Phi) is 8.49. The van der Waals surface area contributed by atoms with Crippen molar-refractivity contribution < 1.29 is 19.1 Å². The number of thiazole rings is 1. The molecule has 2 N–H and O–H groups in total. The van der Waals surface area contributed by atoms with E-state index in [9.17, 15) is 14.4 Å². The van der Waals surface area contributed by atoms with E-state index < -0.39 is 23.4 Å². The fraction of sp³-hybridized carbons (Fsp3) is 0.300. The molecular formula is C30H34N4O5S. The highest BCUT2D eigenvalue weighted by molar-refractivity contribution is 7.07. The first-order valence-corrected chi connectivity index (χ1v) is 13.8. The molecule has 2 heterocycles. The zero-order valence-electron chi connectivity index (χ0n) is 23.6. The van der Waals surface area contributed by atoms with Gasteiger partial charge in [0.05, 0.1) is 34.8 Å². The van der Waals surface area contributed by atoms with Gasteiger partial charge in [0, 0.05) is 39.6 Å². The molecule has 1 aliphatic heterocycles. The van der Waals surface area contributed by atoms with Crippen LogP contribution in [0.15, 0.2) is 58.9 Å². The smallest absolute Gasteiger partial charge is 0.338 e. The summed E-state index contributed by atoms with van der Waals surface area (Å²) in [5, 5.41) is 0. The van der Waals surface area contributed by atoms with Crippen molar-refractivity contribution in [3.63, 3.8) is 0 Å². The van der Waals surface area contributed by atoms with Crippen molar-refractivity contribution >= 4 is 52.1 Å². The number of nitrogens with zero attached hydrogens (tertiary/aromatic N) is 3. The third-order valence-electron chi connectivity index (χ3n) is 6.59. The minimum atomic E-state index is -0.889. The molecule has 1 unspecified atom stereocenters. The molecule has 4 rings (SSSR count). The van der Waals surface area contributed by atoms with Gasteiger partial charge in [0.25, 0.3) is 5.56 Å². The van der Waals surface area contributed by atoms with Gasteiger partial charge in [-0.1, -0.05) is 24.3 Å². The molecule has 0 saturated heterocycles. The molecule has 9 nitrogen and oxygen atoms in total. The van der Waals surface area contributed by atoms with E-state index in [0.717, 1.165) is 28.3 Å². The summed E-state index contributed by atoms with van der Waals surface area (Å²) in [6, 6.07) is 15.2. The van der Waals surface area contributed by atoms with Crippen LogP contribution < -0.4 is 30.3 Å². The summed E-state index contributed by atoms with van der Waals surface area (Å²) in [6.07, 6.45) is 1.75. The highest BCUT2D eigenvalue weighted by Crippen LogP contribution is 2.38. The molecule has 3 aromatic rings. The maximum Gasteiger partial charge on any atom is 0.338 e. The number of nitrogens with two attached hydrogens (primary N) is 1. The van der Waals surface area contributed by atoms with Gasteiger partial charge in [0.2, 0.25) is 0 Å². The number of rotatable bonds is 8. The van der Waals surface area contributed by atoms with Crippen molar-refractivity contribution in [2.24, 2.45) is 5.73 Å². The van der Waals surface area contributed by atoms with Gasteiger partial charge < -0.3 is 25.0 Å². The minimum absolute atomic E-state index is 0.0248. The normalized spacial score (nSPS) is 15.1. The highest BCUT2D eigenvalue weighted by Gasteiger charge is 2.40. The fourth-order valence-corrected chi connectivity index (χ4v) is 5.75. The first-order valence-electron chi connectivity index (χ1n) is 13.0. The number of ether oxygens (including phenoxy) is 2. The lowest BCUT2D eigenvalue weighted by Gasteiger charge is -2.27. The minimum Gasteiger partial charge on any atom is -0.463 e. The van der Waals surface area contributed by atoms with Crippen molar-refractivity contribution in [3.05, 3.63) is 84.8 Å². The van der Waals surface area contributed by atoms with Gasteiger partial charge in [-0.15, -0.1) is 11.3 Å². The molecule has 40 heavy (non-hydrogen) atoms. The van der Waals surface area contributed by atoms with Crippen LogP contribution in [-0.2, 0) is 19.1 Å². The van der Waals surface area contributed by atoms with Crippen LogP contribution in [0.3, 0.4) is 0 Å². The summed E-state index contributed by atoms with van der Waals surface area (Å²) in [6.45, 7) is 3.61. The number of fused-ring (bicyclic) bond motifs is 1. The van der Waals surface area contributed by atoms with Gasteiger partial charge in [-0.25, -0.2) is 9.59 Å². The van der Waals surface area contributed by atoms with Gasteiger partial charge in [-0.2, -0.15) is 0 Å². The molecule has 1 atom stereocenters. The van der Waals surface area contributed by atoms with Crippen LogP contribution in [0.1, 0.15) is 30.9 Å². The van der Waals surface area contributed by atoms with E-state index in [4.69, 9.17) is 15.2 Å². The number of anilines is 2. The van der Waals surface area contributed by atoms with Crippen molar-refractivity contribution in [3.8, 4) is 0 Å². The molecular weight excluding hydrogens is 528 g/mol. The number of hydrogen-bond acceptors (Lipinski definition) is 9. The average molecular weight is 563 g/mol. The van der Waals surface area contributed by atoms with Gasteiger partial charge in [0.1, 0.15) is 10.5 Å². The molecule has 0 fully saturated rings. The summed E-state index contributed by atoms with van der Waals surface area (Å²) >= 11 is 1.14. The fourth-order valence-electron chi connectivity index (χ4n) is 4.58. The number of esters is 2. The van der Waals surface area contributed by atoms with E-state index in [1.165, 1.54) is 4.57 Å². The Balaban J connectivity index is 2.04.